The number of hydrazine groups is 1. The number of sulfonamides is 1. The van der Waals surface area contributed by atoms with E-state index in [1.807, 2.05) is 0 Å². The maximum atomic E-state index is 13.1. The van der Waals surface area contributed by atoms with E-state index in [1.165, 1.54) is 18.2 Å². The molecule has 6 nitrogen and oxygen atoms in total. The number of benzene rings is 2. The van der Waals surface area contributed by atoms with Crippen LogP contribution in [-0.4, -0.2) is 20.7 Å². The molecular weight excluding hydrogens is 433 g/mol. The van der Waals surface area contributed by atoms with Gasteiger partial charge in [-0.05, 0) is 48.0 Å². The van der Waals surface area contributed by atoms with E-state index in [0.717, 1.165) is 0 Å². The molecule has 0 spiro atoms. The normalized spacial score (nSPS) is 21.9. The van der Waals surface area contributed by atoms with Crippen LogP contribution >= 0.6 is 35.0 Å². The monoisotopic (exact) mass is 447 g/mol. The van der Waals surface area contributed by atoms with Gasteiger partial charge >= 0.3 is 0 Å². The van der Waals surface area contributed by atoms with Crippen LogP contribution in [0.15, 0.2) is 47.4 Å². The second-order valence-corrected chi connectivity index (χ2v) is 9.27. The molecule has 0 radical (unpaired) electrons. The first-order valence-electron chi connectivity index (χ1n) is 7.91. The van der Waals surface area contributed by atoms with Crippen LogP contribution in [0.5, 0.6) is 0 Å². The first-order chi connectivity index (χ1) is 12.8. The number of rotatable bonds is 7. The van der Waals surface area contributed by atoms with Gasteiger partial charge in [-0.15, -0.1) is 4.24 Å². The van der Waals surface area contributed by atoms with Crippen LogP contribution in [0.4, 0.5) is 0 Å². The highest BCUT2D eigenvalue weighted by Gasteiger charge is 2.60. The summed E-state index contributed by atoms with van der Waals surface area (Å²) in [6.45, 7) is 0.300. The molecule has 4 N–H and O–H groups in total. The summed E-state index contributed by atoms with van der Waals surface area (Å²) in [6.07, 6.45) is 0.490. The van der Waals surface area contributed by atoms with Crippen molar-refractivity contribution in [1.29, 1.82) is 0 Å². The van der Waals surface area contributed by atoms with Gasteiger partial charge in [0, 0.05) is 33.5 Å². The maximum Gasteiger partial charge on any atom is 0.253 e. The van der Waals surface area contributed by atoms with E-state index in [1.54, 1.807) is 28.5 Å². The van der Waals surface area contributed by atoms with Crippen molar-refractivity contribution >= 4 is 50.8 Å². The summed E-state index contributed by atoms with van der Waals surface area (Å²) in [7, 11) is -3.88. The lowest BCUT2D eigenvalue weighted by Crippen LogP contribution is -2.35. The van der Waals surface area contributed by atoms with E-state index in [-0.39, 0.29) is 16.2 Å². The minimum Gasteiger partial charge on any atom is -0.294 e. The number of hydrogen-bond acceptors (Lipinski definition) is 5. The van der Waals surface area contributed by atoms with Gasteiger partial charge < -0.3 is 0 Å². The van der Waals surface area contributed by atoms with Crippen molar-refractivity contribution < 1.29 is 13.2 Å². The van der Waals surface area contributed by atoms with Crippen molar-refractivity contribution in [2.45, 2.75) is 16.7 Å². The minimum atomic E-state index is -3.88. The van der Waals surface area contributed by atoms with E-state index in [4.69, 9.17) is 40.8 Å². The Hall–Kier alpha value is -1.19. The van der Waals surface area contributed by atoms with E-state index >= 15 is 0 Å². The number of Topliss-reactive ketones (excluding diaryl/α,β-unsaturated/α-hetero) is 1. The second-order valence-electron chi connectivity index (χ2n) is 6.36. The Balaban J connectivity index is 1.98. The zero-order valence-electron chi connectivity index (χ0n) is 13.9. The molecular formula is C17H16Cl3N3O3S. The summed E-state index contributed by atoms with van der Waals surface area (Å²) in [5.74, 6) is 4.89. The molecule has 144 valence electrons. The highest BCUT2D eigenvalue weighted by atomic mass is 35.5. The molecule has 2 atom stereocenters. The van der Waals surface area contributed by atoms with Crippen molar-refractivity contribution in [2.24, 2.45) is 11.8 Å². The zero-order chi connectivity index (χ0) is 19.8. The highest BCUT2D eigenvalue weighted by molar-refractivity contribution is 7.90. The lowest BCUT2D eigenvalue weighted by molar-refractivity contribution is 0.0957. The van der Waals surface area contributed by atoms with E-state index < -0.39 is 21.4 Å². The molecule has 0 aromatic heterocycles. The summed E-state index contributed by atoms with van der Waals surface area (Å²) in [4.78, 5) is 13.0. The number of carbonyl (C=O) groups excluding carboxylic acids is 1. The van der Waals surface area contributed by atoms with E-state index in [9.17, 15) is 13.2 Å². The third kappa shape index (κ3) is 3.73. The second kappa shape index (κ2) is 7.67. The number of carbonyl (C=O) groups is 1. The molecule has 1 saturated carbocycles. The van der Waals surface area contributed by atoms with Crippen LogP contribution in [0.25, 0.3) is 0 Å². The van der Waals surface area contributed by atoms with Gasteiger partial charge in [-0.25, -0.2) is 8.42 Å². The standard InChI is InChI=1S/C17H16Cl3N3O3S/c18-13-5-2-6-14(19)15(13)17(9-22-21)8-12(17)16(24)10-3-1-4-11(7-10)27(25,26)23-20/h1-7,12,22-23H,8-9,21H2. The number of halogens is 3. The summed E-state index contributed by atoms with van der Waals surface area (Å²) in [5.41, 5.74) is 2.88. The first kappa shape index (κ1) is 20.5. The Morgan fingerprint density at radius 2 is 1.81 bits per heavy atom. The Labute approximate surface area is 172 Å². The highest BCUT2D eigenvalue weighted by Crippen LogP contribution is 2.58. The van der Waals surface area contributed by atoms with Gasteiger partial charge in [0.05, 0.1) is 4.90 Å². The zero-order valence-corrected chi connectivity index (χ0v) is 17.0. The third-order valence-corrected chi connectivity index (χ3v) is 7.12. The predicted molar refractivity (Wildman–Crippen MR) is 105 cm³/mol. The lowest BCUT2D eigenvalue weighted by Gasteiger charge is -2.20. The number of ketones is 1. The van der Waals surface area contributed by atoms with Gasteiger partial charge in [0.2, 0.25) is 0 Å². The van der Waals surface area contributed by atoms with E-state index in [2.05, 4.69) is 5.43 Å². The van der Waals surface area contributed by atoms with Crippen LogP contribution in [0.3, 0.4) is 0 Å². The fraction of sp³-hybridized carbons (Fsp3) is 0.235. The molecule has 0 amide bonds. The van der Waals surface area contributed by atoms with E-state index in [0.29, 0.717) is 28.6 Å². The van der Waals surface area contributed by atoms with Crippen molar-refractivity contribution in [3.63, 3.8) is 0 Å². The van der Waals surface area contributed by atoms with Crippen LogP contribution in [0.1, 0.15) is 22.3 Å². The quantitative estimate of drug-likeness (QED) is 0.261. The molecule has 1 aliphatic carbocycles. The first-order valence-corrected chi connectivity index (χ1v) is 10.5. The maximum absolute atomic E-state index is 13.1. The molecule has 0 heterocycles. The van der Waals surface area contributed by atoms with Crippen LogP contribution < -0.4 is 15.5 Å². The Kier molecular flexibility index (Phi) is 5.84. The average molecular weight is 449 g/mol. The molecule has 0 aliphatic heterocycles. The molecule has 0 bridgehead atoms. The molecule has 2 aromatic rings. The van der Waals surface area contributed by atoms with Crippen LogP contribution in [0.2, 0.25) is 10.0 Å². The molecule has 1 aliphatic rings. The largest absolute Gasteiger partial charge is 0.294 e. The van der Waals surface area contributed by atoms with Gasteiger partial charge in [-0.1, -0.05) is 41.4 Å². The average Bonchev–Trinajstić information content (AvgIpc) is 3.36. The molecule has 27 heavy (non-hydrogen) atoms. The smallest absolute Gasteiger partial charge is 0.253 e. The number of nitrogens with two attached hydrogens (primary N) is 1. The summed E-state index contributed by atoms with van der Waals surface area (Å²) < 4.78 is 25.5. The van der Waals surface area contributed by atoms with Crippen molar-refractivity contribution in [3.8, 4) is 0 Å². The lowest BCUT2D eigenvalue weighted by atomic mass is 9.90. The topological polar surface area (TPSA) is 101 Å². The Bertz CT molecular complexity index is 980. The Morgan fingerprint density at radius 1 is 1.19 bits per heavy atom. The number of hydrogen-bond donors (Lipinski definition) is 3. The van der Waals surface area contributed by atoms with Gasteiger partial charge in [-0.2, -0.15) is 0 Å². The van der Waals surface area contributed by atoms with Crippen molar-refractivity contribution in [2.75, 3.05) is 6.54 Å². The molecule has 2 unspecified atom stereocenters. The van der Waals surface area contributed by atoms with Gasteiger partial charge in [0.15, 0.2) is 5.78 Å². The molecule has 10 heteroatoms. The molecule has 2 aromatic carbocycles. The van der Waals surface area contributed by atoms with Crippen molar-refractivity contribution in [3.05, 3.63) is 63.6 Å². The van der Waals surface area contributed by atoms with Crippen LogP contribution in [-0.2, 0) is 15.4 Å². The van der Waals surface area contributed by atoms with Crippen molar-refractivity contribution in [1.82, 2.24) is 9.67 Å². The van der Waals surface area contributed by atoms with Gasteiger partial charge in [-0.3, -0.25) is 16.1 Å². The van der Waals surface area contributed by atoms with Gasteiger partial charge in [0.1, 0.15) is 0 Å². The molecule has 3 rings (SSSR count). The summed E-state index contributed by atoms with van der Waals surface area (Å²) in [6, 6.07) is 10.8. The molecule has 1 fully saturated rings. The predicted octanol–water partition coefficient (Wildman–Crippen LogP) is 3.03. The minimum absolute atomic E-state index is 0.0951. The molecule has 0 saturated heterocycles. The fourth-order valence-corrected chi connectivity index (χ4v) is 5.10. The SMILES string of the molecule is NNCC1(c2c(Cl)cccc2Cl)CC1C(=O)c1cccc(S(=O)(=O)NCl)c1. The fourth-order valence-electron chi connectivity index (χ4n) is 3.43. The number of nitrogens with one attached hydrogen (secondary N) is 2. The van der Waals surface area contributed by atoms with Crippen LogP contribution in [0, 0.1) is 5.92 Å². The summed E-state index contributed by atoms with van der Waals surface area (Å²) in [5, 5.41) is 0.909. The third-order valence-electron chi connectivity index (χ3n) is 4.80. The Morgan fingerprint density at radius 3 is 2.41 bits per heavy atom. The van der Waals surface area contributed by atoms with Gasteiger partial charge in [0.25, 0.3) is 10.0 Å². The summed E-state index contributed by atoms with van der Waals surface area (Å²) >= 11 is 17.9.